The molecule has 258 valence electrons. The Kier molecular flexibility index (Phi) is 9.91. The first-order valence-electron chi connectivity index (χ1n) is 17.0. The Labute approximate surface area is 284 Å². The lowest BCUT2D eigenvalue weighted by molar-refractivity contribution is -0.129. The van der Waals surface area contributed by atoms with Crippen molar-refractivity contribution >= 4 is 50.0 Å². The first-order valence-corrected chi connectivity index (χ1v) is 18.8. The van der Waals surface area contributed by atoms with E-state index >= 15 is 0 Å². The molecule has 1 aromatic carbocycles. The zero-order valence-corrected chi connectivity index (χ0v) is 29.5. The minimum Gasteiger partial charge on any atom is -0.381 e. The average molecular weight is 677 g/mol. The molecular weight excluding hydrogens is 629 g/mol. The van der Waals surface area contributed by atoms with Crippen molar-refractivity contribution in [3.63, 3.8) is 0 Å². The van der Waals surface area contributed by atoms with E-state index in [1.807, 2.05) is 37.1 Å². The summed E-state index contributed by atoms with van der Waals surface area (Å²) in [6.45, 7) is 12.6. The van der Waals surface area contributed by atoms with E-state index in [0.717, 1.165) is 67.2 Å². The fraction of sp³-hybridized carbons (Fsp3) is 0.543. The van der Waals surface area contributed by atoms with Crippen LogP contribution in [0, 0.1) is 0 Å². The summed E-state index contributed by atoms with van der Waals surface area (Å²) in [4.78, 5) is 33.5. The van der Waals surface area contributed by atoms with Gasteiger partial charge in [-0.3, -0.25) is 4.79 Å². The number of piperidine rings is 2. The molecule has 0 saturated carbocycles. The number of nitrogens with one attached hydrogen (secondary N) is 1. The predicted octanol–water partition coefficient (Wildman–Crippen LogP) is 4.87. The standard InChI is InChI=1S/C35H48N8O4S/c1-7-34(44)41-17-9-8-10-29(41)26-11-12-30(42-22-31(24(42)4)43(23(2)3)48(6,45)46)28-21-37-33(20-27(26)28)38-32-13-16-36-35(39-32)40-18-14-25(47-5)15-19-40/h7,11-13,16,20-21,23-25,29,31H,1,8-10,14-15,17-19,22H2,2-6H3,(H,36,37,38,39)/t24-,29+,31+/m1/s1. The van der Waals surface area contributed by atoms with E-state index in [1.165, 1.54) is 12.3 Å². The summed E-state index contributed by atoms with van der Waals surface area (Å²) in [7, 11) is -1.61. The maximum absolute atomic E-state index is 13.0. The Balaban J connectivity index is 1.35. The van der Waals surface area contributed by atoms with Gasteiger partial charge in [0.25, 0.3) is 0 Å². The third-order valence-electron chi connectivity index (χ3n) is 10.1. The predicted molar refractivity (Wildman–Crippen MR) is 190 cm³/mol. The highest BCUT2D eigenvalue weighted by Crippen LogP contribution is 2.42. The molecule has 0 bridgehead atoms. The molecule has 3 atom stereocenters. The highest BCUT2D eigenvalue weighted by atomic mass is 32.2. The van der Waals surface area contributed by atoms with Crippen molar-refractivity contribution in [3.8, 4) is 0 Å². The smallest absolute Gasteiger partial charge is 0.246 e. The summed E-state index contributed by atoms with van der Waals surface area (Å²) in [5, 5.41) is 5.36. The van der Waals surface area contributed by atoms with Crippen LogP contribution >= 0.6 is 0 Å². The van der Waals surface area contributed by atoms with Crippen LogP contribution in [0.25, 0.3) is 10.8 Å². The SMILES string of the molecule is C=CC(=O)N1CCCC[C@H]1c1ccc(N2C[C@H](N(C(C)C)S(C)(=O)=O)[C@H]2C)c2cnc(Nc3ccnc(N4CCC(OC)CC4)n3)cc12. The minimum atomic E-state index is -3.37. The summed E-state index contributed by atoms with van der Waals surface area (Å²) in [5.74, 6) is 1.89. The van der Waals surface area contributed by atoms with Gasteiger partial charge in [0.2, 0.25) is 21.9 Å². The van der Waals surface area contributed by atoms with Gasteiger partial charge in [-0.05, 0) is 88.1 Å². The number of pyridine rings is 1. The van der Waals surface area contributed by atoms with E-state index in [0.29, 0.717) is 30.7 Å². The highest BCUT2D eigenvalue weighted by molar-refractivity contribution is 7.88. The Morgan fingerprint density at radius 3 is 2.52 bits per heavy atom. The number of anilines is 4. The average Bonchev–Trinajstić information content (AvgIpc) is 3.08. The fourth-order valence-electron chi connectivity index (χ4n) is 7.70. The highest BCUT2D eigenvalue weighted by Gasteiger charge is 2.44. The molecule has 3 saturated heterocycles. The molecule has 12 nitrogen and oxygen atoms in total. The van der Waals surface area contributed by atoms with Crippen molar-refractivity contribution in [1.82, 2.24) is 24.2 Å². The van der Waals surface area contributed by atoms with Gasteiger partial charge in [0.15, 0.2) is 0 Å². The number of carbonyl (C=O) groups is 1. The number of hydrogen-bond donors (Lipinski definition) is 1. The molecule has 48 heavy (non-hydrogen) atoms. The summed E-state index contributed by atoms with van der Waals surface area (Å²) in [6.07, 6.45) is 11.3. The van der Waals surface area contributed by atoms with Crippen LogP contribution in [0.15, 0.2) is 49.3 Å². The second kappa shape index (κ2) is 14.0. The van der Waals surface area contributed by atoms with Crippen LogP contribution in [0.4, 0.5) is 23.3 Å². The molecule has 3 aliphatic heterocycles. The quantitative estimate of drug-likeness (QED) is 0.298. The van der Waals surface area contributed by atoms with Crippen molar-refractivity contribution in [2.45, 2.75) is 83.1 Å². The number of hydrogen-bond acceptors (Lipinski definition) is 10. The lowest BCUT2D eigenvalue weighted by Crippen LogP contribution is -2.68. The van der Waals surface area contributed by atoms with Gasteiger partial charge >= 0.3 is 0 Å². The summed E-state index contributed by atoms with van der Waals surface area (Å²) in [5.41, 5.74) is 2.05. The molecule has 1 N–H and O–H groups in total. The van der Waals surface area contributed by atoms with Gasteiger partial charge < -0.3 is 24.8 Å². The van der Waals surface area contributed by atoms with E-state index in [9.17, 15) is 13.2 Å². The number of rotatable bonds is 10. The molecule has 2 aromatic heterocycles. The Hall–Kier alpha value is -3.81. The van der Waals surface area contributed by atoms with Gasteiger partial charge in [0, 0.05) is 68.8 Å². The Bertz CT molecular complexity index is 1760. The van der Waals surface area contributed by atoms with E-state index < -0.39 is 10.0 Å². The molecule has 0 unspecified atom stereocenters. The maximum Gasteiger partial charge on any atom is 0.246 e. The van der Waals surface area contributed by atoms with Crippen molar-refractivity contribution in [1.29, 1.82) is 0 Å². The van der Waals surface area contributed by atoms with Gasteiger partial charge in [0.05, 0.1) is 24.4 Å². The second-order valence-electron chi connectivity index (χ2n) is 13.5. The van der Waals surface area contributed by atoms with E-state index in [1.54, 1.807) is 17.6 Å². The third kappa shape index (κ3) is 6.72. The molecule has 0 spiro atoms. The number of sulfonamides is 1. The Morgan fingerprint density at radius 2 is 1.85 bits per heavy atom. The summed E-state index contributed by atoms with van der Waals surface area (Å²) in [6, 6.07) is 7.72. The second-order valence-corrected chi connectivity index (χ2v) is 15.4. The number of amides is 1. The van der Waals surface area contributed by atoms with Crippen LogP contribution in [0.1, 0.15) is 64.5 Å². The van der Waals surface area contributed by atoms with Crippen molar-refractivity contribution in [2.75, 3.05) is 54.7 Å². The molecule has 5 heterocycles. The number of nitrogens with zero attached hydrogens (tertiary/aromatic N) is 7. The zero-order chi connectivity index (χ0) is 34.2. The largest absolute Gasteiger partial charge is 0.381 e. The lowest BCUT2D eigenvalue weighted by Gasteiger charge is -2.53. The number of aromatic nitrogens is 3. The number of methoxy groups -OCH3 is 1. The van der Waals surface area contributed by atoms with Crippen molar-refractivity contribution < 1.29 is 17.9 Å². The molecule has 0 radical (unpaired) electrons. The fourth-order valence-corrected chi connectivity index (χ4v) is 9.20. The van der Waals surface area contributed by atoms with Crippen molar-refractivity contribution in [2.24, 2.45) is 0 Å². The van der Waals surface area contributed by atoms with Crippen LogP contribution in [0.3, 0.4) is 0 Å². The first-order chi connectivity index (χ1) is 23.0. The molecular formula is C35H48N8O4S. The van der Waals surface area contributed by atoms with E-state index in [-0.39, 0.29) is 36.2 Å². The molecule has 0 aliphatic carbocycles. The van der Waals surface area contributed by atoms with Gasteiger partial charge in [-0.2, -0.15) is 9.29 Å². The number of carbonyl (C=O) groups excluding carboxylic acids is 1. The van der Waals surface area contributed by atoms with Crippen LogP contribution in [0.2, 0.25) is 0 Å². The third-order valence-corrected chi connectivity index (χ3v) is 11.6. The van der Waals surface area contributed by atoms with Crippen LogP contribution in [-0.4, -0.2) is 102 Å². The number of ether oxygens (including phenoxy) is 1. The van der Waals surface area contributed by atoms with Crippen LogP contribution < -0.4 is 15.1 Å². The number of likely N-dealkylation sites (tertiary alicyclic amines) is 1. The minimum absolute atomic E-state index is 0.0316. The summed E-state index contributed by atoms with van der Waals surface area (Å²) < 4.78 is 32.5. The molecule has 6 rings (SSSR count). The molecule has 3 fully saturated rings. The van der Waals surface area contributed by atoms with Gasteiger partial charge in [-0.1, -0.05) is 12.6 Å². The number of benzene rings is 1. The van der Waals surface area contributed by atoms with E-state index in [2.05, 4.69) is 45.7 Å². The normalized spacial score (nSPS) is 22.3. The first kappa shape index (κ1) is 34.1. The molecule has 13 heteroatoms. The lowest BCUT2D eigenvalue weighted by atomic mass is 9.89. The van der Waals surface area contributed by atoms with Crippen molar-refractivity contribution in [3.05, 3.63) is 54.9 Å². The van der Waals surface area contributed by atoms with E-state index in [4.69, 9.17) is 14.7 Å². The zero-order valence-electron chi connectivity index (χ0n) is 28.7. The molecule has 3 aromatic rings. The number of fused-ring (bicyclic) bond motifs is 1. The van der Waals surface area contributed by atoms with Crippen LogP contribution in [-0.2, 0) is 19.6 Å². The Morgan fingerprint density at radius 1 is 1.08 bits per heavy atom. The van der Waals surface area contributed by atoms with Gasteiger partial charge in [0.1, 0.15) is 11.6 Å². The van der Waals surface area contributed by atoms with Gasteiger partial charge in [-0.15, -0.1) is 0 Å². The topological polar surface area (TPSA) is 124 Å². The monoisotopic (exact) mass is 676 g/mol. The van der Waals surface area contributed by atoms with Crippen LogP contribution in [0.5, 0.6) is 0 Å². The molecule has 3 aliphatic rings. The maximum atomic E-state index is 13.0. The molecule has 1 amide bonds. The summed E-state index contributed by atoms with van der Waals surface area (Å²) >= 11 is 0. The van der Waals surface area contributed by atoms with Gasteiger partial charge in [-0.25, -0.2) is 18.4 Å².